The zero-order valence-electron chi connectivity index (χ0n) is 12.4. The summed E-state index contributed by atoms with van der Waals surface area (Å²) in [5.41, 5.74) is 1.34. The minimum absolute atomic E-state index is 0.239. The molecular formula is C15H21N3O2S. The van der Waals surface area contributed by atoms with Gasteiger partial charge >= 0.3 is 0 Å². The van der Waals surface area contributed by atoms with Crippen LogP contribution in [0.5, 0.6) is 0 Å². The molecule has 1 N–H and O–H groups in total. The van der Waals surface area contributed by atoms with Gasteiger partial charge in [-0.2, -0.15) is 5.10 Å². The number of hydrogen-bond donors (Lipinski definition) is 1. The summed E-state index contributed by atoms with van der Waals surface area (Å²) >= 11 is 0. The molecule has 2 rings (SSSR count). The number of nitrogens with zero attached hydrogens (tertiary/aromatic N) is 2. The Morgan fingerprint density at radius 1 is 1.19 bits per heavy atom. The summed E-state index contributed by atoms with van der Waals surface area (Å²) in [7, 11) is -3.49. The highest BCUT2D eigenvalue weighted by Gasteiger charge is 2.20. The van der Waals surface area contributed by atoms with E-state index in [9.17, 15) is 8.42 Å². The van der Waals surface area contributed by atoms with Gasteiger partial charge < -0.3 is 0 Å². The number of sulfonamides is 1. The smallest absolute Gasteiger partial charge is 0.239 e. The summed E-state index contributed by atoms with van der Waals surface area (Å²) in [6, 6.07) is 9.47. The van der Waals surface area contributed by atoms with Crippen molar-refractivity contribution in [2.45, 2.75) is 38.0 Å². The first-order chi connectivity index (χ1) is 10.0. The van der Waals surface area contributed by atoms with Crippen molar-refractivity contribution in [3.05, 3.63) is 42.2 Å². The number of aryl methyl sites for hydroxylation is 1. The minimum Gasteiger partial charge on any atom is -0.239 e. The molecule has 0 spiro atoms. The third kappa shape index (κ3) is 3.92. The Morgan fingerprint density at radius 2 is 1.90 bits per heavy atom. The third-order valence-corrected chi connectivity index (χ3v) is 4.80. The van der Waals surface area contributed by atoms with Crippen LogP contribution in [0.3, 0.4) is 0 Å². The van der Waals surface area contributed by atoms with Gasteiger partial charge in [-0.1, -0.05) is 38.0 Å². The fourth-order valence-corrected chi connectivity index (χ4v) is 3.32. The number of para-hydroxylation sites is 1. The Labute approximate surface area is 126 Å². The number of unbranched alkanes of at least 4 members (excludes halogenated alkanes) is 2. The van der Waals surface area contributed by atoms with Gasteiger partial charge in [0, 0.05) is 6.54 Å². The quantitative estimate of drug-likeness (QED) is 0.800. The van der Waals surface area contributed by atoms with Gasteiger partial charge in [0.25, 0.3) is 0 Å². The zero-order valence-corrected chi connectivity index (χ0v) is 13.2. The van der Waals surface area contributed by atoms with Crippen molar-refractivity contribution < 1.29 is 8.42 Å². The van der Waals surface area contributed by atoms with E-state index in [1.54, 1.807) is 17.8 Å². The molecule has 0 aliphatic rings. The monoisotopic (exact) mass is 307 g/mol. The van der Waals surface area contributed by atoms with Crippen LogP contribution < -0.4 is 4.72 Å². The number of benzene rings is 1. The molecule has 0 fully saturated rings. The summed E-state index contributed by atoms with van der Waals surface area (Å²) in [6.45, 7) is 4.26. The van der Waals surface area contributed by atoms with E-state index in [1.807, 2.05) is 30.3 Å². The van der Waals surface area contributed by atoms with Gasteiger partial charge in [-0.25, -0.2) is 17.8 Å². The predicted octanol–water partition coefficient (Wildman–Crippen LogP) is 2.65. The van der Waals surface area contributed by atoms with Crippen LogP contribution in [-0.4, -0.2) is 24.7 Å². The van der Waals surface area contributed by atoms with Crippen molar-refractivity contribution in [2.24, 2.45) is 0 Å². The average molecular weight is 307 g/mol. The molecule has 1 heterocycles. The molecule has 0 saturated heterocycles. The molecular weight excluding hydrogens is 286 g/mol. The van der Waals surface area contributed by atoms with E-state index in [4.69, 9.17) is 0 Å². The maximum atomic E-state index is 12.3. The molecule has 0 atom stereocenters. The van der Waals surface area contributed by atoms with Crippen molar-refractivity contribution >= 4 is 10.0 Å². The molecule has 0 saturated carbocycles. The van der Waals surface area contributed by atoms with E-state index >= 15 is 0 Å². The van der Waals surface area contributed by atoms with E-state index in [0.29, 0.717) is 12.2 Å². The maximum Gasteiger partial charge on any atom is 0.243 e. The molecule has 5 nitrogen and oxygen atoms in total. The molecule has 0 unspecified atom stereocenters. The molecule has 6 heteroatoms. The lowest BCUT2D eigenvalue weighted by molar-refractivity contribution is 0.575. The molecule has 1 aromatic heterocycles. The number of hydrogen-bond acceptors (Lipinski definition) is 3. The van der Waals surface area contributed by atoms with Crippen molar-refractivity contribution in [2.75, 3.05) is 6.54 Å². The van der Waals surface area contributed by atoms with Crippen LogP contribution in [0.4, 0.5) is 0 Å². The standard InChI is InChI=1S/C15H21N3O2S/c1-3-4-8-11-16-21(19,20)15-12-18(17-13(15)2)14-9-6-5-7-10-14/h5-7,9-10,12,16H,3-4,8,11H2,1-2H3. The van der Waals surface area contributed by atoms with Gasteiger partial charge in [0.2, 0.25) is 10.0 Å². The van der Waals surface area contributed by atoms with Gasteiger partial charge in [0.05, 0.1) is 17.6 Å². The Bertz CT molecular complexity index is 678. The second-order valence-electron chi connectivity index (χ2n) is 4.96. The molecule has 2 aromatic rings. The summed E-state index contributed by atoms with van der Waals surface area (Å²) in [6.07, 6.45) is 4.49. The Balaban J connectivity index is 2.19. The largest absolute Gasteiger partial charge is 0.243 e. The van der Waals surface area contributed by atoms with Crippen molar-refractivity contribution in [3.63, 3.8) is 0 Å². The lowest BCUT2D eigenvalue weighted by Crippen LogP contribution is -2.25. The zero-order chi connectivity index (χ0) is 15.3. The first-order valence-electron chi connectivity index (χ1n) is 7.16. The predicted molar refractivity (Wildman–Crippen MR) is 83.0 cm³/mol. The van der Waals surface area contributed by atoms with Gasteiger partial charge in [-0.3, -0.25) is 0 Å². The van der Waals surface area contributed by atoms with E-state index < -0.39 is 10.0 Å². The summed E-state index contributed by atoms with van der Waals surface area (Å²) in [5.74, 6) is 0. The number of nitrogens with one attached hydrogen (secondary N) is 1. The molecule has 0 amide bonds. The fraction of sp³-hybridized carbons (Fsp3) is 0.400. The molecule has 0 radical (unpaired) electrons. The molecule has 0 aliphatic heterocycles. The number of aromatic nitrogens is 2. The van der Waals surface area contributed by atoms with Crippen LogP contribution in [0.2, 0.25) is 0 Å². The van der Waals surface area contributed by atoms with Crippen LogP contribution in [0.15, 0.2) is 41.4 Å². The highest BCUT2D eigenvalue weighted by molar-refractivity contribution is 7.89. The summed E-state index contributed by atoms with van der Waals surface area (Å²) < 4.78 is 28.8. The van der Waals surface area contributed by atoms with Gasteiger partial charge in [-0.05, 0) is 25.5 Å². The molecule has 0 aliphatic carbocycles. The molecule has 21 heavy (non-hydrogen) atoms. The van der Waals surface area contributed by atoms with Gasteiger partial charge in [-0.15, -0.1) is 0 Å². The van der Waals surface area contributed by atoms with Crippen LogP contribution in [0, 0.1) is 6.92 Å². The maximum absolute atomic E-state index is 12.3. The van der Waals surface area contributed by atoms with Crippen LogP contribution >= 0.6 is 0 Å². The minimum atomic E-state index is -3.49. The highest BCUT2D eigenvalue weighted by Crippen LogP contribution is 2.16. The molecule has 1 aromatic carbocycles. The van der Waals surface area contributed by atoms with E-state index in [-0.39, 0.29) is 4.90 Å². The van der Waals surface area contributed by atoms with Gasteiger partial charge in [0.15, 0.2) is 0 Å². The SMILES string of the molecule is CCCCCNS(=O)(=O)c1cn(-c2ccccc2)nc1C. The lowest BCUT2D eigenvalue weighted by atomic mass is 10.3. The average Bonchev–Trinajstić information content (AvgIpc) is 2.88. The molecule has 0 bridgehead atoms. The Hall–Kier alpha value is -1.66. The first-order valence-corrected chi connectivity index (χ1v) is 8.64. The van der Waals surface area contributed by atoms with E-state index in [1.165, 1.54) is 0 Å². The van der Waals surface area contributed by atoms with E-state index in [0.717, 1.165) is 24.9 Å². The summed E-state index contributed by atoms with van der Waals surface area (Å²) in [5, 5.41) is 4.29. The topological polar surface area (TPSA) is 64.0 Å². The van der Waals surface area contributed by atoms with Crippen LogP contribution in [-0.2, 0) is 10.0 Å². The normalized spacial score (nSPS) is 11.7. The van der Waals surface area contributed by atoms with E-state index in [2.05, 4.69) is 16.7 Å². The van der Waals surface area contributed by atoms with Crippen LogP contribution in [0.1, 0.15) is 31.9 Å². The highest BCUT2D eigenvalue weighted by atomic mass is 32.2. The first kappa shape index (κ1) is 15.7. The van der Waals surface area contributed by atoms with Crippen LogP contribution in [0.25, 0.3) is 5.69 Å². The number of rotatable bonds is 7. The van der Waals surface area contributed by atoms with Gasteiger partial charge in [0.1, 0.15) is 4.90 Å². The summed E-state index contributed by atoms with van der Waals surface area (Å²) in [4.78, 5) is 0.239. The fourth-order valence-electron chi connectivity index (χ4n) is 2.08. The lowest BCUT2D eigenvalue weighted by Gasteiger charge is -2.04. The van der Waals surface area contributed by atoms with Crippen molar-refractivity contribution in [3.8, 4) is 5.69 Å². The van der Waals surface area contributed by atoms with Crippen molar-refractivity contribution in [1.29, 1.82) is 0 Å². The third-order valence-electron chi connectivity index (χ3n) is 3.24. The second-order valence-corrected chi connectivity index (χ2v) is 6.70. The van der Waals surface area contributed by atoms with Crippen molar-refractivity contribution in [1.82, 2.24) is 14.5 Å². The Morgan fingerprint density at radius 3 is 2.57 bits per heavy atom. The Kier molecular flexibility index (Phi) is 5.14. The second kappa shape index (κ2) is 6.87. The molecule has 114 valence electrons.